The molecule has 0 aliphatic rings. The first kappa shape index (κ1) is 12.2. The molecule has 15 heavy (non-hydrogen) atoms. The van der Waals surface area contributed by atoms with Gasteiger partial charge in [0.1, 0.15) is 12.4 Å². The van der Waals surface area contributed by atoms with Crippen LogP contribution >= 0.6 is 0 Å². The van der Waals surface area contributed by atoms with Crippen molar-refractivity contribution in [1.29, 1.82) is 0 Å². The summed E-state index contributed by atoms with van der Waals surface area (Å²) < 4.78 is 2.02. The van der Waals surface area contributed by atoms with Gasteiger partial charge in [0.25, 0.3) is 0 Å². The predicted molar refractivity (Wildman–Crippen MR) is 59.5 cm³/mol. The molecule has 1 aromatic rings. The first-order chi connectivity index (χ1) is 6.85. The molecule has 0 bridgehead atoms. The minimum atomic E-state index is -0.0463. The third kappa shape index (κ3) is 3.02. The van der Waals surface area contributed by atoms with Gasteiger partial charge < -0.3 is 9.67 Å². The van der Waals surface area contributed by atoms with Crippen LogP contribution < -0.4 is 0 Å². The average Bonchev–Trinajstić information content (AvgIpc) is 2.44. The predicted octanol–water partition coefficient (Wildman–Crippen LogP) is 1.94. The number of rotatable bonds is 3. The van der Waals surface area contributed by atoms with Crippen LogP contribution in [0.25, 0.3) is 0 Å². The van der Waals surface area contributed by atoms with E-state index in [4.69, 9.17) is 5.11 Å². The molecule has 0 aromatic carbocycles. The summed E-state index contributed by atoms with van der Waals surface area (Å²) in [5.41, 5.74) is 0.187. The fourth-order valence-electron chi connectivity index (χ4n) is 1.66. The smallest absolute Gasteiger partial charge is 0.159 e. The van der Waals surface area contributed by atoms with E-state index in [0.717, 1.165) is 12.2 Å². The molecule has 0 atom stereocenters. The molecule has 0 unspecified atom stereocenters. The van der Waals surface area contributed by atoms with Crippen molar-refractivity contribution < 1.29 is 5.11 Å². The number of hydrogen-bond donors (Lipinski definition) is 1. The lowest BCUT2D eigenvalue weighted by Crippen LogP contribution is -2.17. The van der Waals surface area contributed by atoms with Gasteiger partial charge >= 0.3 is 0 Å². The lowest BCUT2D eigenvalue weighted by atomic mass is 9.92. The zero-order valence-electron chi connectivity index (χ0n) is 10.3. The first-order valence-corrected chi connectivity index (χ1v) is 5.38. The van der Waals surface area contributed by atoms with E-state index in [1.807, 2.05) is 4.57 Å². The summed E-state index contributed by atoms with van der Waals surface area (Å²) in [6.07, 6.45) is 0.873. The summed E-state index contributed by atoms with van der Waals surface area (Å²) in [5.74, 6) is 1.62. The number of aliphatic hydroxyl groups excluding tert-OH is 1. The van der Waals surface area contributed by atoms with E-state index in [1.165, 1.54) is 0 Å². The van der Waals surface area contributed by atoms with Crippen molar-refractivity contribution in [3.8, 4) is 0 Å². The van der Waals surface area contributed by atoms with Crippen LogP contribution in [-0.4, -0.2) is 19.9 Å². The maximum Gasteiger partial charge on any atom is 0.159 e. The van der Waals surface area contributed by atoms with Gasteiger partial charge in [0.2, 0.25) is 0 Å². The fraction of sp³-hybridized carbons (Fsp3) is 0.818. The fourth-order valence-corrected chi connectivity index (χ4v) is 1.66. The molecule has 0 aliphatic carbocycles. The van der Waals surface area contributed by atoms with E-state index in [1.54, 1.807) is 0 Å². The molecule has 0 fully saturated rings. The van der Waals surface area contributed by atoms with E-state index in [0.29, 0.717) is 11.9 Å². The Morgan fingerprint density at radius 1 is 1.20 bits per heavy atom. The van der Waals surface area contributed by atoms with Gasteiger partial charge in [-0.1, -0.05) is 20.8 Å². The second-order valence-corrected chi connectivity index (χ2v) is 5.39. The number of aromatic nitrogens is 3. The highest BCUT2D eigenvalue weighted by Crippen LogP contribution is 2.22. The van der Waals surface area contributed by atoms with Crippen molar-refractivity contribution in [1.82, 2.24) is 14.8 Å². The minimum Gasteiger partial charge on any atom is -0.388 e. The summed E-state index contributed by atoms with van der Waals surface area (Å²) in [5, 5.41) is 17.3. The van der Waals surface area contributed by atoms with Crippen LogP contribution in [0.15, 0.2) is 0 Å². The monoisotopic (exact) mass is 211 g/mol. The maximum atomic E-state index is 9.16. The Hall–Kier alpha value is -0.900. The summed E-state index contributed by atoms with van der Waals surface area (Å²) in [6, 6.07) is 0.291. The lowest BCUT2D eigenvalue weighted by Gasteiger charge is -2.20. The molecule has 1 heterocycles. The average molecular weight is 211 g/mol. The van der Waals surface area contributed by atoms with Crippen LogP contribution in [0.4, 0.5) is 0 Å². The largest absolute Gasteiger partial charge is 0.388 e. The summed E-state index contributed by atoms with van der Waals surface area (Å²) >= 11 is 0. The van der Waals surface area contributed by atoms with Gasteiger partial charge in [-0.2, -0.15) is 0 Å². The van der Waals surface area contributed by atoms with Crippen molar-refractivity contribution in [3.05, 3.63) is 11.6 Å². The van der Waals surface area contributed by atoms with E-state index < -0.39 is 0 Å². The maximum absolute atomic E-state index is 9.16. The Morgan fingerprint density at radius 3 is 2.13 bits per heavy atom. The van der Waals surface area contributed by atoms with Crippen LogP contribution in [0.5, 0.6) is 0 Å². The molecule has 1 N–H and O–H groups in total. The summed E-state index contributed by atoms with van der Waals surface area (Å²) in [6.45, 7) is 10.6. The van der Waals surface area contributed by atoms with Gasteiger partial charge in [-0.05, 0) is 19.3 Å². The molecule has 0 aliphatic heterocycles. The van der Waals surface area contributed by atoms with Gasteiger partial charge in [0.15, 0.2) is 5.82 Å². The number of hydrogen-bond acceptors (Lipinski definition) is 3. The Labute approximate surface area is 91.3 Å². The lowest BCUT2D eigenvalue weighted by molar-refractivity contribution is 0.260. The van der Waals surface area contributed by atoms with Crippen LogP contribution in [0, 0.1) is 5.41 Å². The van der Waals surface area contributed by atoms with Crippen molar-refractivity contribution in [2.75, 3.05) is 0 Å². The van der Waals surface area contributed by atoms with E-state index in [2.05, 4.69) is 44.8 Å². The zero-order valence-corrected chi connectivity index (χ0v) is 10.3. The molecule has 4 nitrogen and oxygen atoms in total. The summed E-state index contributed by atoms with van der Waals surface area (Å²) in [7, 11) is 0. The number of aliphatic hydroxyl groups is 1. The SMILES string of the molecule is CC(C)n1c(CO)nnc1CC(C)(C)C. The number of nitrogens with zero attached hydrogens (tertiary/aromatic N) is 3. The quantitative estimate of drug-likeness (QED) is 0.831. The topological polar surface area (TPSA) is 50.9 Å². The van der Waals surface area contributed by atoms with Gasteiger partial charge in [-0.25, -0.2) is 0 Å². The molecule has 0 amide bonds. The highest BCUT2D eigenvalue weighted by atomic mass is 16.3. The molecule has 0 saturated carbocycles. The molecule has 86 valence electrons. The van der Waals surface area contributed by atoms with Crippen molar-refractivity contribution in [2.24, 2.45) is 5.41 Å². The van der Waals surface area contributed by atoms with Crippen molar-refractivity contribution in [3.63, 3.8) is 0 Å². The zero-order chi connectivity index (χ0) is 11.6. The third-order valence-corrected chi connectivity index (χ3v) is 2.18. The van der Waals surface area contributed by atoms with Crippen molar-refractivity contribution in [2.45, 2.75) is 53.7 Å². The van der Waals surface area contributed by atoms with Gasteiger partial charge in [0, 0.05) is 12.5 Å². The summed E-state index contributed by atoms with van der Waals surface area (Å²) in [4.78, 5) is 0. The standard InChI is InChI=1S/C11H21N3O/c1-8(2)14-9(6-11(3,4)5)12-13-10(14)7-15/h8,15H,6-7H2,1-5H3. The van der Waals surface area contributed by atoms with Gasteiger partial charge in [0.05, 0.1) is 0 Å². The van der Waals surface area contributed by atoms with Crippen molar-refractivity contribution >= 4 is 0 Å². The van der Waals surface area contributed by atoms with E-state index >= 15 is 0 Å². The van der Waals surface area contributed by atoms with Crippen LogP contribution in [-0.2, 0) is 13.0 Å². The molecule has 0 spiro atoms. The van der Waals surface area contributed by atoms with Gasteiger partial charge in [-0.3, -0.25) is 0 Å². The van der Waals surface area contributed by atoms with Gasteiger partial charge in [-0.15, -0.1) is 10.2 Å². The van der Waals surface area contributed by atoms with Crippen LogP contribution in [0.1, 0.15) is 52.3 Å². The molecule has 0 saturated heterocycles. The molecule has 0 radical (unpaired) electrons. The molecule has 1 aromatic heterocycles. The van der Waals surface area contributed by atoms with Crippen LogP contribution in [0.3, 0.4) is 0 Å². The Balaban J connectivity index is 3.03. The third-order valence-electron chi connectivity index (χ3n) is 2.18. The minimum absolute atomic E-state index is 0.0463. The molecule has 4 heteroatoms. The highest BCUT2D eigenvalue weighted by molar-refractivity contribution is 4.99. The normalized spacial score (nSPS) is 12.5. The molecule has 1 rings (SSSR count). The van der Waals surface area contributed by atoms with Crippen LogP contribution in [0.2, 0.25) is 0 Å². The van der Waals surface area contributed by atoms with E-state index in [-0.39, 0.29) is 12.0 Å². The molecular weight excluding hydrogens is 190 g/mol. The Kier molecular flexibility index (Phi) is 3.50. The highest BCUT2D eigenvalue weighted by Gasteiger charge is 2.19. The Bertz CT molecular complexity index is 323. The second-order valence-electron chi connectivity index (χ2n) is 5.39. The second kappa shape index (κ2) is 4.31. The Morgan fingerprint density at radius 2 is 1.73 bits per heavy atom. The molecular formula is C11H21N3O. The first-order valence-electron chi connectivity index (χ1n) is 5.38. The van der Waals surface area contributed by atoms with E-state index in [9.17, 15) is 0 Å².